The highest BCUT2D eigenvalue weighted by Crippen LogP contribution is 2.37. The Morgan fingerprint density at radius 1 is 1.04 bits per heavy atom. The van der Waals surface area contributed by atoms with Gasteiger partial charge in [0.2, 0.25) is 5.96 Å². The summed E-state index contributed by atoms with van der Waals surface area (Å²) >= 11 is 0. The molecule has 2 aromatic rings. The maximum Gasteiger partial charge on any atom is 0.211 e. The van der Waals surface area contributed by atoms with Gasteiger partial charge in [-0.3, -0.25) is 4.90 Å². The van der Waals surface area contributed by atoms with E-state index < -0.39 is 0 Å². The van der Waals surface area contributed by atoms with Crippen LogP contribution in [0.2, 0.25) is 0 Å². The van der Waals surface area contributed by atoms with E-state index in [1.165, 1.54) is 0 Å². The van der Waals surface area contributed by atoms with Crippen molar-refractivity contribution >= 4 is 23.0 Å². The molecule has 0 N–H and O–H groups in total. The zero-order valence-electron chi connectivity index (χ0n) is 14.5. The van der Waals surface area contributed by atoms with Crippen molar-refractivity contribution in [2.75, 3.05) is 25.1 Å². The number of hydrogen-bond donors (Lipinski definition) is 0. The highest BCUT2D eigenvalue weighted by molar-refractivity contribution is 6.12. The van der Waals surface area contributed by atoms with Crippen LogP contribution in [0.1, 0.15) is 19.4 Å². The maximum atomic E-state index is 5.27. The number of hydrogen-bond acceptors (Lipinski definition) is 4. The molecule has 3 rings (SSSR count). The molecule has 1 heterocycles. The number of rotatable bonds is 4. The van der Waals surface area contributed by atoms with Crippen LogP contribution in [0.4, 0.5) is 11.4 Å². The number of nitrogens with zero attached hydrogens (tertiary/aromatic N) is 3. The van der Waals surface area contributed by atoms with Gasteiger partial charge in [0.15, 0.2) is 0 Å². The van der Waals surface area contributed by atoms with Gasteiger partial charge >= 0.3 is 0 Å². The topological polar surface area (TPSA) is 28.1 Å². The molecule has 4 nitrogen and oxygen atoms in total. The van der Waals surface area contributed by atoms with Crippen LogP contribution in [0.15, 0.2) is 60.1 Å². The van der Waals surface area contributed by atoms with Crippen molar-refractivity contribution in [2.24, 2.45) is 4.99 Å². The number of para-hydroxylation sites is 1. The Morgan fingerprint density at radius 3 is 2.33 bits per heavy atom. The molecular weight excluding hydrogens is 298 g/mol. The third kappa shape index (κ3) is 2.75. The molecule has 2 aromatic carbocycles. The smallest absolute Gasteiger partial charge is 0.211 e. The summed E-state index contributed by atoms with van der Waals surface area (Å²) in [5.41, 5.74) is 3.99. The Morgan fingerprint density at radius 2 is 1.71 bits per heavy atom. The second-order valence-electron chi connectivity index (χ2n) is 5.58. The van der Waals surface area contributed by atoms with Crippen LogP contribution in [-0.4, -0.2) is 31.1 Å². The average Bonchev–Trinajstić information content (AvgIpc) is 2.63. The normalized spacial score (nSPS) is 13.4. The molecule has 0 spiro atoms. The molecule has 0 aromatic heterocycles. The number of fused-ring (bicyclic) bond motifs is 1. The van der Waals surface area contributed by atoms with Gasteiger partial charge in [-0.2, -0.15) is 0 Å². The summed E-state index contributed by atoms with van der Waals surface area (Å²) < 4.78 is 5.27. The van der Waals surface area contributed by atoms with Crippen LogP contribution >= 0.6 is 0 Å². The molecule has 0 atom stereocenters. The number of anilines is 1. The Balaban J connectivity index is 2.12. The van der Waals surface area contributed by atoms with Crippen LogP contribution in [0.25, 0.3) is 5.70 Å². The summed E-state index contributed by atoms with van der Waals surface area (Å²) in [4.78, 5) is 9.28. The van der Waals surface area contributed by atoms with Crippen LogP contribution in [0.5, 0.6) is 5.75 Å². The lowest BCUT2D eigenvalue weighted by Crippen LogP contribution is -2.44. The Labute approximate surface area is 143 Å². The number of ether oxygens (including phenoxy) is 1. The number of methoxy groups -OCH3 is 1. The van der Waals surface area contributed by atoms with Gasteiger partial charge < -0.3 is 9.64 Å². The van der Waals surface area contributed by atoms with E-state index in [0.717, 1.165) is 47.4 Å². The molecule has 0 saturated heterocycles. The average molecular weight is 321 g/mol. The quantitative estimate of drug-likeness (QED) is 0.829. The van der Waals surface area contributed by atoms with E-state index in [1.54, 1.807) is 7.11 Å². The number of guanidine groups is 1. The monoisotopic (exact) mass is 321 g/mol. The van der Waals surface area contributed by atoms with Gasteiger partial charge in [0, 0.05) is 24.3 Å². The van der Waals surface area contributed by atoms with Gasteiger partial charge in [-0.05, 0) is 44.2 Å². The third-order valence-electron chi connectivity index (χ3n) is 4.28. The zero-order chi connectivity index (χ0) is 17.1. The highest BCUT2D eigenvalue weighted by Gasteiger charge is 2.27. The van der Waals surface area contributed by atoms with E-state index in [1.807, 2.05) is 42.5 Å². The first-order chi connectivity index (χ1) is 11.7. The summed E-state index contributed by atoms with van der Waals surface area (Å²) in [6, 6.07) is 16.1. The van der Waals surface area contributed by atoms with Crippen molar-refractivity contribution in [3.05, 3.63) is 60.7 Å². The molecule has 0 radical (unpaired) electrons. The second kappa shape index (κ2) is 6.79. The highest BCUT2D eigenvalue weighted by atomic mass is 16.5. The lowest BCUT2D eigenvalue weighted by Gasteiger charge is -2.37. The van der Waals surface area contributed by atoms with Crippen LogP contribution in [0, 0.1) is 0 Å². The molecule has 0 bridgehead atoms. The lowest BCUT2D eigenvalue weighted by molar-refractivity contribution is 0.415. The summed E-state index contributed by atoms with van der Waals surface area (Å²) in [5.74, 6) is 1.75. The van der Waals surface area contributed by atoms with Crippen LogP contribution < -0.4 is 9.64 Å². The van der Waals surface area contributed by atoms with Crippen molar-refractivity contribution in [1.82, 2.24) is 4.90 Å². The summed E-state index contributed by atoms with van der Waals surface area (Å²) in [5, 5.41) is 0. The minimum atomic E-state index is 0.836. The van der Waals surface area contributed by atoms with E-state index >= 15 is 0 Å². The van der Waals surface area contributed by atoms with Crippen molar-refractivity contribution < 1.29 is 4.74 Å². The number of aliphatic imine (C=N–C) groups is 1. The van der Waals surface area contributed by atoms with Crippen LogP contribution in [-0.2, 0) is 0 Å². The molecule has 0 saturated carbocycles. The van der Waals surface area contributed by atoms with Crippen molar-refractivity contribution in [3.8, 4) is 5.75 Å². The van der Waals surface area contributed by atoms with Crippen molar-refractivity contribution in [3.63, 3.8) is 0 Å². The molecule has 0 amide bonds. The largest absolute Gasteiger partial charge is 0.497 e. The minimum Gasteiger partial charge on any atom is -0.497 e. The summed E-state index contributed by atoms with van der Waals surface area (Å²) in [6.45, 7) is 10.4. The molecule has 4 heteroatoms. The number of benzene rings is 2. The first kappa shape index (κ1) is 16.1. The van der Waals surface area contributed by atoms with E-state index in [0.29, 0.717) is 0 Å². The Hall–Kier alpha value is -2.75. The molecule has 0 aliphatic carbocycles. The van der Waals surface area contributed by atoms with Gasteiger partial charge in [-0.25, -0.2) is 4.99 Å². The van der Waals surface area contributed by atoms with Gasteiger partial charge in [0.05, 0.1) is 18.5 Å². The van der Waals surface area contributed by atoms with Crippen molar-refractivity contribution in [1.29, 1.82) is 0 Å². The standard InChI is InChI=1S/C20H23N3O/c1-5-22(6-2)20-21-19-10-8-7-9-18(19)15(3)23(20)16-11-13-17(24-4)14-12-16/h7-14H,3,5-6H2,1-2,4H3. The predicted octanol–water partition coefficient (Wildman–Crippen LogP) is 4.52. The fourth-order valence-corrected chi connectivity index (χ4v) is 2.94. The summed E-state index contributed by atoms with van der Waals surface area (Å²) in [6.07, 6.45) is 0. The van der Waals surface area contributed by atoms with E-state index in [-0.39, 0.29) is 0 Å². The first-order valence-corrected chi connectivity index (χ1v) is 8.25. The maximum absolute atomic E-state index is 5.27. The van der Waals surface area contributed by atoms with Gasteiger partial charge in [-0.15, -0.1) is 0 Å². The Bertz CT molecular complexity index is 761. The molecule has 124 valence electrons. The third-order valence-corrected chi connectivity index (χ3v) is 4.28. The molecule has 1 aliphatic rings. The van der Waals surface area contributed by atoms with Gasteiger partial charge in [0.1, 0.15) is 5.75 Å². The van der Waals surface area contributed by atoms with E-state index in [9.17, 15) is 0 Å². The molecular formula is C20H23N3O. The van der Waals surface area contributed by atoms with Crippen LogP contribution in [0.3, 0.4) is 0 Å². The lowest BCUT2D eigenvalue weighted by atomic mass is 10.1. The molecule has 1 aliphatic heterocycles. The first-order valence-electron chi connectivity index (χ1n) is 8.25. The SMILES string of the molecule is C=C1c2ccccc2N=C(N(CC)CC)N1c1ccc(OC)cc1. The van der Waals surface area contributed by atoms with Gasteiger partial charge in [-0.1, -0.05) is 24.8 Å². The Kier molecular flexibility index (Phi) is 4.56. The fourth-order valence-electron chi connectivity index (χ4n) is 2.94. The zero-order valence-corrected chi connectivity index (χ0v) is 14.5. The minimum absolute atomic E-state index is 0.836. The predicted molar refractivity (Wildman–Crippen MR) is 101 cm³/mol. The van der Waals surface area contributed by atoms with E-state index in [2.05, 4.69) is 36.3 Å². The molecule has 0 fully saturated rings. The fraction of sp³-hybridized carbons (Fsp3) is 0.250. The molecule has 24 heavy (non-hydrogen) atoms. The van der Waals surface area contributed by atoms with E-state index in [4.69, 9.17) is 9.73 Å². The van der Waals surface area contributed by atoms with Gasteiger partial charge in [0.25, 0.3) is 0 Å². The van der Waals surface area contributed by atoms with Crippen molar-refractivity contribution in [2.45, 2.75) is 13.8 Å². The second-order valence-corrected chi connectivity index (χ2v) is 5.58. The molecule has 0 unspecified atom stereocenters. The summed E-state index contributed by atoms with van der Waals surface area (Å²) in [7, 11) is 1.67.